The lowest BCUT2D eigenvalue weighted by Crippen LogP contribution is -2.11. The number of hydrogen-bond donors (Lipinski definition) is 3. The summed E-state index contributed by atoms with van der Waals surface area (Å²) in [6, 6.07) is 7.43. The zero-order valence-corrected chi connectivity index (χ0v) is 10.6. The number of imidazole rings is 1. The molecule has 0 unspecified atom stereocenters. The number of para-hydroxylation sites is 1. The van der Waals surface area contributed by atoms with E-state index in [-0.39, 0.29) is 0 Å². The molecular weight excluding hydrogens is 264 g/mol. The number of anilines is 3. The van der Waals surface area contributed by atoms with Crippen molar-refractivity contribution in [3.05, 3.63) is 47.9 Å². The van der Waals surface area contributed by atoms with Crippen LogP contribution in [-0.4, -0.2) is 14.4 Å². The first kappa shape index (κ1) is 11.8. The topological polar surface area (TPSA) is 80.3 Å². The molecule has 0 fully saturated rings. The van der Waals surface area contributed by atoms with Gasteiger partial charge in [-0.3, -0.25) is 0 Å². The van der Waals surface area contributed by atoms with E-state index in [1.54, 1.807) is 18.5 Å². The summed E-state index contributed by atoms with van der Waals surface area (Å²) in [5, 5.41) is 3.77. The monoisotopic (exact) mass is 274 g/mol. The predicted molar refractivity (Wildman–Crippen MR) is 75.5 cm³/mol. The molecule has 1 aromatic carbocycles. The number of nitrogens with zero attached hydrogens (tertiary/aromatic N) is 3. The molecule has 2 aromatic heterocycles. The average Bonchev–Trinajstić information content (AvgIpc) is 2.89. The Morgan fingerprint density at radius 2 is 2.11 bits per heavy atom. The molecular formula is C12H11ClN6. The van der Waals surface area contributed by atoms with E-state index in [0.717, 1.165) is 5.69 Å². The van der Waals surface area contributed by atoms with Crippen molar-refractivity contribution in [1.82, 2.24) is 14.4 Å². The van der Waals surface area contributed by atoms with Crippen LogP contribution >= 0.6 is 11.6 Å². The lowest BCUT2D eigenvalue weighted by molar-refractivity contribution is 1.11. The number of aromatic nitrogens is 3. The Morgan fingerprint density at radius 3 is 2.89 bits per heavy atom. The molecule has 0 aliphatic heterocycles. The highest BCUT2D eigenvalue weighted by molar-refractivity contribution is 6.33. The molecule has 0 amide bonds. The molecule has 0 bridgehead atoms. The van der Waals surface area contributed by atoms with E-state index in [1.807, 2.05) is 28.8 Å². The quantitative estimate of drug-likeness (QED) is 0.505. The summed E-state index contributed by atoms with van der Waals surface area (Å²) in [4.78, 5) is 8.58. The molecule has 0 radical (unpaired) electrons. The zero-order chi connectivity index (χ0) is 13.2. The van der Waals surface area contributed by atoms with Gasteiger partial charge in [0.2, 0.25) is 0 Å². The van der Waals surface area contributed by atoms with Gasteiger partial charge in [0.05, 0.1) is 16.9 Å². The number of halogens is 1. The van der Waals surface area contributed by atoms with E-state index in [0.29, 0.717) is 22.3 Å². The molecule has 2 heterocycles. The summed E-state index contributed by atoms with van der Waals surface area (Å²) in [5.74, 6) is 6.51. The van der Waals surface area contributed by atoms with Gasteiger partial charge in [0.15, 0.2) is 17.3 Å². The maximum atomic E-state index is 6.12. The van der Waals surface area contributed by atoms with Crippen molar-refractivity contribution < 1.29 is 0 Å². The van der Waals surface area contributed by atoms with Crippen molar-refractivity contribution in [2.75, 3.05) is 10.7 Å². The fraction of sp³-hybridized carbons (Fsp3) is 0. The number of nitrogens with one attached hydrogen (secondary N) is 2. The molecule has 0 saturated heterocycles. The first-order valence-corrected chi connectivity index (χ1v) is 5.97. The standard InChI is InChI=1S/C12H11ClN6/c13-8-3-1-2-4-9(8)16-11-12-15-5-6-19(12)7-10(17-11)18-14/h1-7,18H,14H2,(H,16,17). The summed E-state index contributed by atoms with van der Waals surface area (Å²) in [6.07, 6.45) is 5.25. The molecule has 7 heteroatoms. The van der Waals surface area contributed by atoms with Crippen molar-refractivity contribution in [2.24, 2.45) is 5.84 Å². The molecule has 4 N–H and O–H groups in total. The van der Waals surface area contributed by atoms with Gasteiger partial charge in [-0.15, -0.1) is 0 Å². The van der Waals surface area contributed by atoms with E-state index in [1.165, 1.54) is 0 Å². The van der Waals surface area contributed by atoms with Gasteiger partial charge in [0.1, 0.15) is 0 Å². The second-order valence-corrected chi connectivity index (χ2v) is 4.29. The Bertz CT molecular complexity index is 723. The van der Waals surface area contributed by atoms with E-state index in [2.05, 4.69) is 20.7 Å². The number of hydrazine groups is 1. The highest BCUT2D eigenvalue weighted by Gasteiger charge is 2.08. The fourth-order valence-corrected chi connectivity index (χ4v) is 1.96. The minimum atomic E-state index is 0.528. The second-order valence-electron chi connectivity index (χ2n) is 3.88. The van der Waals surface area contributed by atoms with Gasteiger partial charge in [-0.05, 0) is 12.1 Å². The Balaban J connectivity index is 2.09. The Labute approximate surface area is 114 Å². The molecule has 6 nitrogen and oxygen atoms in total. The Hall–Kier alpha value is -2.31. The lowest BCUT2D eigenvalue weighted by atomic mass is 10.3. The molecule has 96 valence electrons. The molecule has 3 rings (SSSR count). The SMILES string of the molecule is NNc1cn2ccnc2c(Nc2ccccc2Cl)n1. The fourth-order valence-electron chi connectivity index (χ4n) is 1.78. The van der Waals surface area contributed by atoms with Crippen molar-refractivity contribution in [3.63, 3.8) is 0 Å². The third-order valence-electron chi connectivity index (χ3n) is 2.65. The molecule has 3 aromatic rings. The molecule has 0 atom stereocenters. The van der Waals surface area contributed by atoms with Crippen LogP contribution in [0.4, 0.5) is 17.3 Å². The van der Waals surface area contributed by atoms with Gasteiger partial charge in [-0.25, -0.2) is 15.8 Å². The van der Waals surface area contributed by atoms with Gasteiger partial charge >= 0.3 is 0 Å². The summed E-state index contributed by atoms with van der Waals surface area (Å²) in [7, 11) is 0. The van der Waals surface area contributed by atoms with Crippen LogP contribution in [0.3, 0.4) is 0 Å². The number of hydrogen-bond acceptors (Lipinski definition) is 5. The van der Waals surface area contributed by atoms with E-state index >= 15 is 0 Å². The zero-order valence-electron chi connectivity index (χ0n) is 9.84. The number of benzene rings is 1. The maximum absolute atomic E-state index is 6.12. The Morgan fingerprint density at radius 1 is 1.26 bits per heavy atom. The van der Waals surface area contributed by atoms with Crippen LogP contribution in [0, 0.1) is 0 Å². The predicted octanol–water partition coefficient (Wildman–Crippen LogP) is 2.41. The average molecular weight is 275 g/mol. The summed E-state index contributed by atoms with van der Waals surface area (Å²) in [5.41, 5.74) is 3.97. The first-order valence-electron chi connectivity index (χ1n) is 5.60. The molecule has 0 saturated carbocycles. The highest BCUT2D eigenvalue weighted by Crippen LogP contribution is 2.26. The van der Waals surface area contributed by atoms with Crippen LogP contribution in [-0.2, 0) is 0 Å². The van der Waals surface area contributed by atoms with Crippen molar-refractivity contribution >= 4 is 34.6 Å². The van der Waals surface area contributed by atoms with Gasteiger partial charge in [0.25, 0.3) is 0 Å². The van der Waals surface area contributed by atoms with Crippen LogP contribution < -0.4 is 16.6 Å². The minimum Gasteiger partial charge on any atom is -0.336 e. The normalized spacial score (nSPS) is 10.6. The summed E-state index contributed by atoms with van der Waals surface area (Å²) >= 11 is 6.12. The number of nitrogens with two attached hydrogens (primary N) is 1. The lowest BCUT2D eigenvalue weighted by Gasteiger charge is -2.10. The number of nitrogen functional groups attached to an aromatic ring is 1. The number of fused-ring (bicyclic) bond motifs is 1. The van der Waals surface area contributed by atoms with Crippen LogP contribution in [0.25, 0.3) is 5.65 Å². The Kier molecular flexibility index (Phi) is 2.94. The largest absolute Gasteiger partial charge is 0.336 e. The summed E-state index contributed by atoms with van der Waals surface area (Å²) < 4.78 is 1.82. The molecule has 19 heavy (non-hydrogen) atoms. The van der Waals surface area contributed by atoms with E-state index in [9.17, 15) is 0 Å². The van der Waals surface area contributed by atoms with Crippen LogP contribution in [0.1, 0.15) is 0 Å². The summed E-state index contributed by atoms with van der Waals surface area (Å²) in [6.45, 7) is 0. The van der Waals surface area contributed by atoms with Crippen LogP contribution in [0.2, 0.25) is 5.02 Å². The molecule has 0 aliphatic rings. The minimum absolute atomic E-state index is 0.528. The molecule has 0 aliphatic carbocycles. The first-order chi connectivity index (χ1) is 9.28. The second kappa shape index (κ2) is 4.75. The smallest absolute Gasteiger partial charge is 0.180 e. The van der Waals surface area contributed by atoms with E-state index in [4.69, 9.17) is 17.4 Å². The third-order valence-corrected chi connectivity index (χ3v) is 2.98. The highest BCUT2D eigenvalue weighted by atomic mass is 35.5. The van der Waals surface area contributed by atoms with Gasteiger partial charge in [-0.2, -0.15) is 0 Å². The van der Waals surface area contributed by atoms with Gasteiger partial charge in [-0.1, -0.05) is 23.7 Å². The van der Waals surface area contributed by atoms with Gasteiger partial charge in [0, 0.05) is 12.4 Å². The van der Waals surface area contributed by atoms with Crippen molar-refractivity contribution in [3.8, 4) is 0 Å². The van der Waals surface area contributed by atoms with Crippen LogP contribution in [0.15, 0.2) is 42.9 Å². The third kappa shape index (κ3) is 2.18. The van der Waals surface area contributed by atoms with Crippen LogP contribution in [0.5, 0.6) is 0 Å². The van der Waals surface area contributed by atoms with Gasteiger partial charge < -0.3 is 15.1 Å². The molecule has 0 spiro atoms. The van der Waals surface area contributed by atoms with Crippen molar-refractivity contribution in [2.45, 2.75) is 0 Å². The van der Waals surface area contributed by atoms with E-state index < -0.39 is 0 Å². The van der Waals surface area contributed by atoms with Crippen molar-refractivity contribution in [1.29, 1.82) is 0 Å². The number of rotatable bonds is 3. The maximum Gasteiger partial charge on any atom is 0.180 e.